The number of hydrogen-bond donors (Lipinski definition) is 1. The van der Waals surface area contributed by atoms with Gasteiger partial charge in [-0.25, -0.2) is 4.68 Å². The number of rotatable bonds is 2. The van der Waals surface area contributed by atoms with E-state index in [9.17, 15) is 4.79 Å². The van der Waals surface area contributed by atoms with Crippen molar-refractivity contribution in [1.29, 1.82) is 0 Å². The molecular weight excluding hydrogens is 336 g/mol. The van der Waals surface area contributed by atoms with Gasteiger partial charge < -0.3 is 5.32 Å². The molecule has 2 aromatic carbocycles. The Kier molecular flexibility index (Phi) is 3.67. The van der Waals surface area contributed by atoms with Crippen molar-refractivity contribution in [2.24, 2.45) is 0 Å². The van der Waals surface area contributed by atoms with E-state index in [0.717, 1.165) is 23.3 Å². The van der Waals surface area contributed by atoms with Gasteiger partial charge in [-0.2, -0.15) is 10.1 Å². The van der Waals surface area contributed by atoms with Crippen LogP contribution in [0.2, 0.25) is 0 Å². The number of benzene rings is 2. The topological polar surface area (TPSA) is 59.8 Å². The van der Waals surface area contributed by atoms with E-state index in [1.807, 2.05) is 28.9 Å². The molecule has 1 aliphatic carbocycles. The molecule has 5 nitrogen and oxygen atoms in total. The van der Waals surface area contributed by atoms with Crippen LogP contribution in [-0.2, 0) is 4.79 Å². The maximum Gasteiger partial charge on any atom is 0.226 e. The molecule has 0 radical (unpaired) electrons. The Morgan fingerprint density at radius 2 is 1.85 bits per heavy atom. The van der Waals surface area contributed by atoms with Crippen molar-refractivity contribution in [3.05, 3.63) is 88.9 Å². The van der Waals surface area contributed by atoms with Crippen molar-refractivity contribution in [1.82, 2.24) is 14.8 Å². The van der Waals surface area contributed by atoms with Gasteiger partial charge in [0.15, 0.2) is 5.78 Å². The average molecular weight is 356 g/mol. The molecule has 0 spiro atoms. The minimum absolute atomic E-state index is 0.185. The Morgan fingerprint density at radius 3 is 2.67 bits per heavy atom. The molecule has 5 heteroatoms. The molecule has 1 aliphatic heterocycles. The van der Waals surface area contributed by atoms with Crippen molar-refractivity contribution in [2.75, 3.05) is 5.32 Å². The molecule has 0 bridgehead atoms. The van der Waals surface area contributed by atoms with E-state index in [4.69, 9.17) is 0 Å². The standard InChI is InChI=1S/C22H20N4O/c1-14-6-5-9-16(10-14)21-20-18(25-22-23-13-24-26(21)22)11-17(12-19(20)27)15-7-3-2-4-8-15/h2-10,13,17,21H,11-12H2,1H3,(H,23,24,25)/t17-,21+/m1/s1. The first-order valence-corrected chi connectivity index (χ1v) is 9.25. The van der Waals surface area contributed by atoms with E-state index in [1.165, 1.54) is 11.1 Å². The van der Waals surface area contributed by atoms with Crippen LogP contribution >= 0.6 is 0 Å². The van der Waals surface area contributed by atoms with Crippen molar-refractivity contribution in [2.45, 2.75) is 31.7 Å². The van der Waals surface area contributed by atoms with Gasteiger partial charge in [0, 0.05) is 17.7 Å². The molecule has 1 N–H and O–H groups in total. The molecule has 134 valence electrons. The summed E-state index contributed by atoms with van der Waals surface area (Å²) in [6.07, 6.45) is 2.87. The second kappa shape index (κ2) is 6.20. The lowest BCUT2D eigenvalue weighted by atomic mass is 9.78. The van der Waals surface area contributed by atoms with Crippen LogP contribution in [0.1, 0.15) is 41.5 Å². The second-order valence-electron chi connectivity index (χ2n) is 7.30. The summed E-state index contributed by atoms with van der Waals surface area (Å²) in [7, 11) is 0. The molecule has 0 saturated carbocycles. The molecular formula is C22H20N4O. The van der Waals surface area contributed by atoms with Gasteiger partial charge in [-0.3, -0.25) is 4.79 Å². The predicted octanol–water partition coefficient (Wildman–Crippen LogP) is 4.00. The highest BCUT2D eigenvalue weighted by atomic mass is 16.1. The number of allylic oxidation sites excluding steroid dienone is 2. The van der Waals surface area contributed by atoms with Crippen molar-refractivity contribution >= 4 is 11.7 Å². The molecule has 3 aromatic rings. The zero-order chi connectivity index (χ0) is 18.4. The fraction of sp³-hybridized carbons (Fsp3) is 0.227. The summed E-state index contributed by atoms with van der Waals surface area (Å²) < 4.78 is 1.83. The molecule has 2 heterocycles. The zero-order valence-corrected chi connectivity index (χ0v) is 15.1. The van der Waals surface area contributed by atoms with Crippen molar-refractivity contribution in [3.63, 3.8) is 0 Å². The van der Waals surface area contributed by atoms with E-state index in [0.29, 0.717) is 12.4 Å². The summed E-state index contributed by atoms with van der Waals surface area (Å²) in [5, 5.41) is 7.78. The highest BCUT2D eigenvalue weighted by Gasteiger charge is 2.39. The molecule has 5 rings (SSSR count). The number of carbonyl (C=O) groups excluding carboxylic acids is 1. The van der Waals surface area contributed by atoms with E-state index >= 15 is 0 Å². The van der Waals surface area contributed by atoms with E-state index in [-0.39, 0.29) is 17.7 Å². The predicted molar refractivity (Wildman–Crippen MR) is 103 cm³/mol. The number of carbonyl (C=O) groups is 1. The summed E-state index contributed by atoms with van der Waals surface area (Å²) in [6, 6.07) is 18.4. The Morgan fingerprint density at radius 1 is 1.04 bits per heavy atom. The molecule has 2 atom stereocenters. The third-order valence-corrected chi connectivity index (χ3v) is 5.49. The number of hydrogen-bond acceptors (Lipinski definition) is 4. The molecule has 27 heavy (non-hydrogen) atoms. The average Bonchev–Trinajstić information content (AvgIpc) is 3.15. The summed E-state index contributed by atoms with van der Waals surface area (Å²) >= 11 is 0. The molecule has 0 amide bonds. The number of nitrogens with one attached hydrogen (secondary N) is 1. The fourth-order valence-electron chi connectivity index (χ4n) is 4.26. The Balaban J connectivity index is 1.62. The van der Waals surface area contributed by atoms with Crippen LogP contribution in [0.3, 0.4) is 0 Å². The van der Waals surface area contributed by atoms with E-state index in [1.54, 1.807) is 6.33 Å². The van der Waals surface area contributed by atoms with Crippen LogP contribution < -0.4 is 5.32 Å². The summed E-state index contributed by atoms with van der Waals surface area (Å²) in [5.41, 5.74) is 5.25. The summed E-state index contributed by atoms with van der Waals surface area (Å²) in [4.78, 5) is 17.6. The molecule has 2 aliphatic rings. The quantitative estimate of drug-likeness (QED) is 0.754. The zero-order valence-electron chi connectivity index (χ0n) is 15.1. The van der Waals surface area contributed by atoms with Crippen LogP contribution in [-0.4, -0.2) is 20.5 Å². The molecule has 0 saturated heterocycles. The minimum atomic E-state index is -0.220. The van der Waals surface area contributed by atoms with Gasteiger partial charge in [0.05, 0.1) is 0 Å². The largest absolute Gasteiger partial charge is 0.328 e. The summed E-state index contributed by atoms with van der Waals surface area (Å²) in [6.45, 7) is 2.07. The second-order valence-corrected chi connectivity index (χ2v) is 7.30. The smallest absolute Gasteiger partial charge is 0.226 e. The Hall–Kier alpha value is -3.21. The molecule has 1 aromatic heterocycles. The third-order valence-electron chi connectivity index (χ3n) is 5.49. The number of aryl methyl sites for hydroxylation is 1. The highest BCUT2D eigenvalue weighted by molar-refractivity contribution is 6.00. The van der Waals surface area contributed by atoms with Crippen molar-refractivity contribution < 1.29 is 4.79 Å². The van der Waals surface area contributed by atoms with Gasteiger partial charge in [0.2, 0.25) is 5.95 Å². The fourth-order valence-corrected chi connectivity index (χ4v) is 4.26. The lowest BCUT2D eigenvalue weighted by Crippen LogP contribution is -2.33. The van der Waals surface area contributed by atoms with Gasteiger partial charge >= 0.3 is 0 Å². The third kappa shape index (κ3) is 2.67. The summed E-state index contributed by atoms with van der Waals surface area (Å²) in [5.74, 6) is 1.07. The number of nitrogens with zero attached hydrogens (tertiary/aromatic N) is 3. The van der Waals surface area contributed by atoms with Crippen LogP contribution in [0.25, 0.3) is 0 Å². The lowest BCUT2D eigenvalue weighted by Gasteiger charge is -2.35. The lowest BCUT2D eigenvalue weighted by molar-refractivity contribution is -0.116. The van der Waals surface area contributed by atoms with Crippen LogP contribution in [0, 0.1) is 6.92 Å². The Bertz CT molecular complexity index is 1050. The molecule has 0 unspecified atom stereocenters. The number of ketones is 1. The minimum Gasteiger partial charge on any atom is -0.328 e. The van der Waals surface area contributed by atoms with E-state index < -0.39 is 0 Å². The highest BCUT2D eigenvalue weighted by Crippen LogP contribution is 2.43. The first-order valence-electron chi connectivity index (χ1n) is 9.25. The maximum absolute atomic E-state index is 13.3. The Labute approximate surface area is 157 Å². The van der Waals surface area contributed by atoms with Crippen molar-refractivity contribution in [3.8, 4) is 0 Å². The SMILES string of the molecule is Cc1cccc([C@H]2C3=C(C[C@@H](c4ccccc4)CC3=O)Nc3ncnn32)c1. The number of fused-ring (bicyclic) bond motifs is 1. The van der Waals surface area contributed by atoms with Gasteiger partial charge in [-0.1, -0.05) is 60.2 Å². The monoisotopic (exact) mass is 356 g/mol. The van der Waals surface area contributed by atoms with Gasteiger partial charge in [0.25, 0.3) is 0 Å². The number of anilines is 1. The van der Waals surface area contributed by atoms with Crippen LogP contribution in [0.4, 0.5) is 5.95 Å². The van der Waals surface area contributed by atoms with Gasteiger partial charge in [0.1, 0.15) is 12.4 Å². The van der Waals surface area contributed by atoms with Gasteiger partial charge in [-0.15, -0.1) is 0 Å². The first-order chi connectivity index (χ1) is 13.2. The number of aromatic nitrogens is 3. The normalized spacial score (nSPS) is 21.4. The first kappa shape index (κ1) is 16.0. The maximum atomic E-state index is 13.3. The van der Waals surface area contributed by atoms with Gasteiger partial charge in [-0.05, 0) is 30.4 Å². The van der Waals surface area contributed by atoms with Crippen LogP contribution in [0.5, 0.6) is 0 Å². The van der Waals surface area contributed by atoms with E-state index in [2.05, 4.69) is 52.7 Å². The molecule has 0 fully saturated rings. The van der Waals surface area contributed by atoms with Crippen LogP contribution in [0.15, 0.2) is 72.2 Å². The number of Topliss-reactive ketones (excluding diaryl/α,β-unsaturated/α-hetero) is 1.